The van der Waals surface area contributed by atoms with Crippen LogP contribution in [0.1, 0.15) is 5.56 Å². The van der Waals surface area contributed by atoms with Crippen molar-refractivity contribution >= 4 is 45.0 Å². The number of carbonyl (C=O) groups is 2. The molecular formula is C24H17NO2. The Morgan fingerprint density at radius 3 is 1.89 bits per heavy atom. The molecule has 0 radical (unpaired) electrons. The lowest BCUT2D eigenvalue weighted by Crippen LogP contribution is -2.20. The highest BCUT2D eigenvalue weighted by Crippen LogP contribution is 2.29. The zero-order valence-electron chi connectivity index (χ0n) is 14.6. The van der Waals surface area contributed by atoms with Gasteiger partial charge in [0.2, 0.25) is 5.78 Å². The van der Waals surface area contributed by atoms with Crippen molar-refractivity contribution in [2.75, 3.05) is 5.32 Å². The molecule has 3 heteroatoms. The smallest absolute Gasteiger partial charge is 0.296 e. The Hall–Kier alpha value is -3.72. The number of para-hydroxylation sites is 1. The van der Waals surface area contributed by atoms with Crippen LogP contribution in [0.25, 0.3) is 27.6 Å². The molecule has 0 saturated heterocycles. The van der Waals surface area contributed by atoms with Crippen molar-refractivity contribution < 1.29 is 9.59 Å². The maximum Gasteiger partial charge on any atom is 0.296 e. The zero-order chi connectivity index (χ0) is 18.6. The summed E-state index contributed by atoms with van der Waals surface area (Å²) in [4.78, 5) is 24.4. The fourth-order valence-electron chi connectivity index (χ4n) is 3.18. The number of hydrogen-bond acceptors (Lipinski definition) is 2. The summed E-state index contributed by atoms with van der Waals surface area (Å²) < 4.78 is 0. The highest BCUT2D eigenvalue weighted by atomic mass is 16.2. The fourth-order valence-corrected chi connectivity index (χ4v) is 3.18. The number of carbonyl (C=O) groups excluding carboxylic acids is 2. The second kappa shape index (κ2) is 7.26. The summed E-state index contributed by atoms with van der Waals surface area (Å²) in [5, 5.41) is 6.89. The number of benzene rings is 4. The van der Waals surface area contributed by atoms with Crippen LogP contribution >= 0.6 is 0 Å². The summed E-state index contributed by atoms with van der Waals surface area (Å²) in [6.07, 6.45) is 3.07. The summed E-state index contributed by atoms with van der Waals surface area (Å²) in [5.74, 6) is -1.24. The number of anilines is 1. The molecule has 130 valence electrons. The van der Waals surface area contributed by atoms with Gasteiger partial charge in [0.1, 0.15) is 0 Å². The van der Waals surface area contributed by atoms with Gasteiger partial charge >= 0.3 is 0 Å². The Balaban J connectivity index is 1.69. The molecule has 0 aromatic heterocycles. The summed E-state index contributed by atoms with van der Waals surface area (Å²) >= 11 is 0. The molecule has 0 fully saturated rings. The normalized spacial score (nSPS) is 11.1. The predicted octanol–water partition coefficient (Wildman–Crippen LogP) is 5.21. The Morgan fingerprint density at radius 1 is 0.704 bits per heavy atom. The summed E-state index contributed by atoms with van der Waals surface area (Å²) in [6.45, 7) is 0. The largest absolute Gasteiger partial charge is 0.319 e. The molecule has 0 atom stereocenters. The third kappa shape index (κ3) is 3.48. The van der Waals surface area contributed by atoms with Crippen molar-refractivity contribution in [3.05, 3.63) is 96.6 Å². The van der Waals surface area contributed by atoms with Crippen LogP contribution in [0, 0.1) is 0 Å². The van der Waals surface area contributed by atoms with E-state index in [4.69, 9.17) is 0 Å². The van der Waals surface area contributed by atoms with E-state index in [9.17, 15) is 9.59 Å². The Bertz CT molecular complexity index is 1120. The average molecular weight is 351 g/mol. The number of fused-ring (bicyclic) bond motifs is 2. The fraction of sp³-hybridized carbons (Fsp3) is 0. The highest BCUT2D eigenvalue weighted by molar-refractivity contribution is 6.45. The van der Waals surface area contributed by atoms with Gasteiger partial charge in [-0.3, -0.25) is 9.59 Å². The van der Waals surface area contributed by atoms with Gasteiger partial charge in [0, 0.05) is 5.69 Å². The van der Waals surface area contributed by atoms with Crippen molar-refractivity contribution in [3.8, 4) is 0 Å². The molecular weight excluding hydrogens is 334 g/mol. The minimum absolute atomic E-state index is 0.587. The molecule has 0 aliphatic heterocycles. The molecule has 0 aliphatic carbocycles. The van der Waals surface area contributed by atoms with Crippen LogP contribution in [0.15, 0.2) is 91.0 Å². The van der Waals surface area contributed by atoms with Crippen molar-refractivity contribution in [1.29, 1.82) is 0 Å². The number of rotatable bonds is 4. The topological polar surface area (TPSA) is 46.2 Å². The van der Waals surface area contributed by atoms with E-state index in [1.165, 1.54) is 6.08 Å². The van der Waals surface area contributed by atoms with E-state index in [0.717, 1.165) is 27.1 Å². The first-order chi connectivity index (χ1) is 13.2. The van der Waals surface area contributed by atoms with Gasteiger partial charge in [-0.05, 0) is 57.5 Å². The minimum atomic E-state index is -0.651. The summed E-state index contributed by atoms with van der Waals surface area (Å²) in [5.41, 5.74) is 1.53. The molecule has 0 aliphatic rings. The van der Waals surface area contributed by atoms with E-state index in [0.29, 0.717) is 5.69 Å². The van der Waals surface area contributed by atoms with E-state index in [1.54, 1.807) is 30.3 Å². The molecule has 27 heavy (non-hydrogen) atoms. The van der Waals surface area contributed by atoms with Gasteiger partial charge in [0.15, 0.2) is 0 Å². The molecule has 4 aromatic rings. The van der Waals surface area contributed by atoms with Crippen LogP contribution in [0.3, 0.4) is 0 Å². The lowest BCUT2D eigenvalue weighted by Gasteiger charge is -2.08. The van der Waals surface area contributed by atoms with Crippen LogP contribution in [-0.2, 0) is 9.59 Å². The second-order valence-electron chi connectivity index (χ2n) is 6.25. The minimum Gasteiger partial charge on any atom is -0.319 e. The van der Waals surface area contributed by atoms with E-state index >= 15 is 0 Å². The van der Waals surface area contributed by atoms with Crippen LogP contribution < -0.4 is 5.32 Å². The lowest BCUT2D eigenvalue weighted by molar-refractivity contribution is -0.131. The van der Waals surface area contributed by atoms with Gasteiger partial charge in [-0.1, -0.05) is 66.7 Å². The molecule has 0 saturated carbocycles. The van der Waals surface area contributed by atoms with Gasteiger partial charge in [-0.2, -0.15) is 0 Å². The van der Waals surface area contributed by atoms with Crippen molar-refractivity contribution in [2.24, 2.45) is 0 Å². The molecule has 1 N–H and O–H groups in total. The van der Waals surface area contributed by atoms with Crippen LogP contribution in [-0.4, -0.2) is 11.7 Å². The monoisotopic (exact) mass is 351 g/mol. The average Bonchev–Trinajstić information content (AvgIpc) is 2.71. The van der Waals surface area contributed by atoms with Gasteiger partial charge in [0.25, 0.3) is 5.91 Å². The first kappa shape index (κ1) is 16.7. The summed E-state index contributed by atoms with van der Waals surface area (Å²) in [6, 6.07) is 27.1. The molecule has 4 rings (SSSR count). The van der Waals surface area contributed by atoms with Crippen molar-refractivity contribution in [1.82, 2.24) is 0 Å². The molecule has 3 nitrogen and oxygen atoms in total. The van der Waals surface area contributed by atoms with E-state index in [1.807, 2.05) is 54.6 Å². The second-order valence-corrected chi connectivity index (χ2v) is 6.25. The number of amides is 1. The van der Waals surface area contributed by atoms with Crippen molar-refractivity contribution in [3.63, 3.8) is 0 Å². The zero-order valence-corrected chi connectivity index (χ0v) is 14.6. The molecule has 0 unspecified atom stereocenters. The molecule has 0 bridgehead atoms. The van der Waals surface area contributed by atoms with Crippen LogP contribution in [0.5, 0.6) is 0 Å². The van der Waals surface area contributed by atoms with Crippen LogP contribution in [0.2, 0.25) is 0 Å². The van der Waals surface area contributed by atoms with Gasteiger partial charge in [-0.25, -0.2) is 0 Å². The molecule has 0 heterocycles. The summed E-state index contributed by atoms with van der Waals surface area (Å²) in [7, 11) is 0. The van der Waals surface area contributed by atoms with Gasteiger partial charge in [-0.15, -0.1) is 0 Å². The van der Waals surface area contributed by atoms with Gasteiger partial charge in [0.05, 0.1) is 0 Å². The Labute approximate surface area is 156 Å². The van der Waals surface area contributed by atoms with Crippen LogP contribution in [0.4, 0.5) is 5.69 Å². The first-order valence-electron chi connectivity index (χ1n) is 8.71. The number of ketones is 1. The van der Waals surface area contributed by atoms with E-state index < -0.39 is 11.7 Å². The van der Waals surface area contributed by atoms with Gasteiger partial charge < -0.3 is 5.32 Å². The van der Waals surface area contributed by atoms with E-state index in [2.05, 4.69) is 11.4 Å². The first-order valence-corrected chi connectivity index (χ1v) is 8.71. The van der Waals surface area contributed by atoms with E-state index in [-0.39, 0.29) is 0 Å². The molecule has 1 amide bonds. The Morgan fingerprint density at radius 2 is 1.26 bits per heavy atom. The predicted molar refractivity (Wildman–Crippen MR) is 111 cm³/mol. The SMILES string of the molecule is O=C(/C=C/c1c2ccccc2cc2ccccc12)C(=O)Nc1ccccc1. The lowest BCUT2D eigenvalue weighted by atomic mass is 9.96. The maximum atomic E-state index is 12.3. The maximum absolute atomic E-state index is 12.3. The highest BCUT2D eigenvalue weighted by Gasteiger charge is 2.11. The molecule has 0 spiro atoms. The quantitative estimate of drug-likeness (QED) is 0.311. The molecule has 4 aromatic carbocycles. The third-order valence-corrected chi connectivity index (χ3v) is 4.47. The third-order valence-electron chi connectivity index (χ3n) is 4.47. The Kier molecular flexibility index (Phi) is 4.50. The van der Waals surface area contributed by atoms with Crippen molar-refractivity contribution in [2.45, 2.75) is 0 Å². The standard InChI is InChI=1S/C24H17NO2/c26-23(24(27)25-19-10-2-1-3-11-19)15-14-22-20-12-6-4-8-17(20)16-18-9-5-7-13-21(18)22/h1-16H,(H,25,27)/b15-14+. The number of nitrogens with one attached hydrogen (secondary N) is 1. The number of hydrogen-bond donors (Lipinski definition) is 1.